The zero-order valence-electron chi connectivity index (χ0n) is 16.4. The number of anilines is 1. The van der Waals surface area contributed by atoms with Crippen molar-refractivity contribution in [2.24, 2.45) is 0 Å². The first-order chi connectivity index (χ1) is 14.1. The van der Waals surface area contributed by atoms with Crippen LogP contribution in [0.25, 0.3) is 0 Å². The molecule has 0 unspecified atom stereocenters. The van der Waals surface area contributed by atoms with Gasteiger partial charge in [0.05, 0.1) is 26.7 Å². The van der Waals surface area contributed by atoms with E-state index in [1.807, 2.05) is 0 Å². The lowest BCUT2D eigenvalue weighted by Gasteiger charge is -2.29. The molecule has 8 nitrogen and oxygen atoms in total. The van der Waals surface area contributed by atoms with Gasteiger partial charge in [0.25, 0.3) is 11.8 Å². The van der Waals surface area contributed by atoms with Gasteiger partial charge >= 0.3 is 0 Å². The molecular formula is C20H20ClN3O5S. The molecule has 3 amide bonds. The molecule has 0 aromatic heterocycles. The van der Waals surface area contributed by atoms with Gasteiger partial charge in [0.15, 0.2) is 9.84 Å². The van der Waals surface area contributed by atoms with Crippen LogP contribution in [0.15, 0.2) is 47.4 Å². The van der Waals surface area contributed by atoms with E-state index in [9.17, 15) is 22.8 Å². The molecule has 0 spiro atoms. The number of benzene rings is 2. The molecule has 10 heteroatoms. The zero-order chi connectivity index (χ0) is 22.1. The molecule has 0 saturated carbocycles. The second-order valence-corrected chi connectivity index (χ2v) is 9.19. The molecule has 1 heterocycles. The van der Waals surface area contributed by atoms with Crippen LogP contribution in [0.1, 0.15) is 34.1 Å². The van der Waals surface area contributed by atoms with Gasteiger partial charge in [-0.25, -0.2) is 18.4 Å². The zero-order valence-corrected chi connectivity index (χ0v) is 18.0. The Bertz CT molecular complexity index is 1130. The van der Waals surface area contributed by atoms with Gasteiger partial charge < -0.3 is 5.32 Å². The third kappa shape index (κ3) is 4.31. The molecule has 158 valence electrons. The van der Waals surface area contributed by atoms with E-state index < -0.39 is 21.7 Å². The van der Waals surface area contributed by atoms with Crippen molar-refractivity contribution in [2.45, 2.75) is 18.2 Å². The quantitative estimate of drug-likeness (QED) is 0.772. The van der Waals surface area contributed by atoms with E-state index in [1.165, 1.54) is 41.2 Å². The number of rotatable bonds is 4. The van der Waals surface area contributed by atoms with Gasteiger partial charge in [0.1, 0.15) is 0 Å². The van der Waals surface area contributed by atoms with E-state index in [-0.39, 0.29) is 45.7 Å². The molecule has 0 aliphatic carbocycles. The lowest BCUT2D eigenvalue weighted by Crippen LogP contribution is -2.45. The highest BCUT2D eigenvalue weighted by Crippen LogP contribution is 2.29. The van der Waals surface area contributed by atoms with E-state index in [0.717, 1.165) is 6.26 Å². The summed E-state index contributed by atoms with van der Waals surface area (Å²) in [6.45, 7) is 1.85. The number of nitrogens with zero attached hydrogens (tertiary/aromatic N) is 2. The van der Waals surface area contributed by atoms with E-state index >= 15 is 0 Å². The van der Waals surface area contributed by atoms with E-state index in [2.05, 4.69) is 5.32 Å². The highest BCUT2D eigenvalue weighted by Gasteiger charge is 2.34. The molecule has 2 aromatic carbocycles. The topological polar surface area (TPSA) is 104 Å². The van der Waals surface area contributed by atoms with Gasteiger partial charge in [0, 0.05) is 26.3 Å². The third-order valence-corrected chi connectivity index (χ3v) is 6.12. The van der Waals surface area contributed by atoms with Crippen molar-refractivity contribution in [2.75, 3.05) is 24.7 Å². The molecule has 1 aliphatic rings. The van der Waals surface area contributed by atoms with Crippen LogP contribution in [0.5, 0.6) is 0 Å². The lowest BCUT2D eigenvalue weighted by molar-refractivity contribution is -0.114. The van der Waals surface area contributed by atoms with Gasteiger partial charge in [0.2, 0.25) is 5.91 Å². The predicted octanol–water partition coefficient (Wildman–Crippen LogP) is 2.61. The van der Waals surface area contributed by atoms with Crippen LogP contribution >= 0.6 is 11.6 Å². The fourth-order valence-corrected chi connectivity index (χ4v) is 4.40. The average molecular weight is 450 g/mol. The van der Waals surface area contributed by atoms with E-state index in [4.69, 9.17) is 11.6 Å². The summed E-state index contributed by atoms with van der Waals surface area (Å²) in [7, 11) is -3.63. The van der Waals surface area contributed by atoms with Gasteiger partial charge in [-0.2, -0.15) is 0 Å². The van der Waals surface area contributed by atoms with E-state index in [1.54, 1.807) is 18.2 Å². The van der Waals surface area contributed by atoms with Crippen molar-refractivity contribution >= 4 is 44.8 Å². The summed E-state index contributed by atoms with van der Waals surface area (Å²) in [5, 5.41) is 5.10. The number of halogens is 1. The highest BCUT2D eigenvalue weighted by atomic mass is 35.5. The summed E-state index contributed by atoms with van der Waals surface area (Å²) >= 11 is 6.31. The number of hydrogen-bond donors (Lipinski definition) is 1. The molecule has 30 heavy (non-hydrogen) atoms. The molecule has 0 atom stereocenters. The molecule has 0 radical (unpaired) electrons. The van der Waals surface area contributed by atoms with Crippen LogP contribution in [0, 0.1) is 0 Å². The van der Waals surface area contributed by atoms with Crippen LogP contribution in [0.2, 0.25) is 5.02 Å². The maximum atomic E-state index is 13.2. The molecule has 1 N–H and O–H groups in total. The Morgan fingerprint density at radius 1 is 0.933 bits per heavy atom. The van der Waals surface area contributed by atoms with Crippen LogP contribution in [0.4, 0.5) is 5.69 Å². The van der Waals surface area contributed by atoms with Crippen LogP contribution in [-0.4, -0.2) is 55.5 Å². The van der Waals surface area contributed by atoms with Crippen molar-refractivity contribution in [3.8, 4) is 0 Å². The van der Waals surface area contributed by atoms with Gasteiger partial charge in [-0.1, -0.05) is 29.8 Å². The summed E-state index contributed by atoms with van der Waals surface area (Å²) in [5.74, 6) is -1.44. The number of nitrogens with one attached hydrogen (secondary N) is 1. The fraction of sp³-hybridized carbons (Fsp3) is 0.250. The monoisotopic (exact) mass is 449 g/mol. The summed E-state index contributed by atoms with van der Waals surface area (Å²) < 4.78 is 24.2. The predicted molar refractivity (Wildman–Crippen MR) is 112 cm³/mol. The average Bonchev–Trinajstić information content (AvgIpc) is 3.17. The summed E-state index contributed by atoms with van der Waals surface area (Å²) in [6.07, 6.45) is 1.56. The Labute approximate surface area is 179 Å². The number of hydrazine groups is 1. The molecule has 0 bridgehead atoms. The number of amides is 3. The maximum Gasteiger partial charge on any atom is 0.274 e. The highest BCUT2D eigenvalue weighted by molar-refractivity contribution is 7.90. The number of hydrogen-bond acceptors (Lipinski definition) is 5. The number of carbonyl (C=O) groups is 3. The van der Waals surface area contributed by atoms with Crippen LogP contribution in [-0.2, 0) is 14.6 Å². The molecule has 1 fully saturated rings. The Morgan fingerprint density at radius 3 is 2.10 bits per heavy atom. The summed E-state index contributed by atoms with van der Waals surface area (Å²) in [4.78, 5) is 37.5. The van der Waals surface area contributed by atoms with Crippen LogP contribution in [0.3, 0.4) is 0 Å². The van der Waals surface area contributed by atoms with Gasteiger partial charge in [-0.3, -0.25) is 14.4 Å². The third-order valence-electron chi connectivity index (χ3n) is 4.56. The second-order valence-electron chi connectivity index (χ2n) is 6.83. The van der Waals surface area contributed by atoms with E-state index in [0.29, 0.717) is 6.42 Å². The van der Waals surface area contributed by atoms with Crippen molar-refractivity contribution in [3.63, 3.8) is 0 Å². The fourth-order valence-electron chi connectivity index (χ4n) is 3.26. The lowest BCUT2D eigenvalue weighted by atomic mass is 10.1. The Kier molecular flexibility index (Phi) is 6.14. The minimum absolute atomic E-state index is 0.00204. The second kappa shape index (κ2) is 8.45. The van der Waals surface area contributed by atoms with Gasteiger partial charge in [-0.05, 0) is 30.7 Å². The normalized spacial score (nSPS) is 14.0. The Morgan fingerprint density at radius 2 is 1.50 bits per heavy atom. The van der Waals surface area contributed by atoms with Gasteiger partial charge in [-0.15, -0.1) is 0 Å². The number of carbonyl (C=O) groups excluding carboxylic acids is 3. The first-order valence-electron chi connectivity index (χ1n) is 9.10. The maximum absolute atomic E-state index is 13.2. The van der Waals surface area contributed by atoms with Crippen molar-refractivity contribution in [3.05, 3.63) is 58.6 Å². The van der Waals surface area contributed by atoms with Crippen LogP contribution < -0.4 is 5.32 Å². The van der Waals surface area contributed by atoms with Crippen molar-refractivity contribution in [1.82, 2.24) is 10.0 Å². The first-order valence-corrected chi connectivity index (χ1v) is 11.4. The molecule has 1 saturated heterocycles. The molecule has 2 aromatic rings. The summed E-state index contributed by atoms with van der Waals surface area (Å²) in [5.41, 5.74) is 0.409. The molecule has 3 rings (SSSR count). The molecular weight excluding hydrogens is 430 g/mol. The standard InChI is InChI=1S/C20H20ClN3O5S/c1-13(25)22-16-9-5-8-15(18(16)21)20(27)24-12-6-11-23(24)19(26)14-7-3-4-10-17(14)30(2,28)29/h3-5,7-10H,6,11-12H2,1-2H3,(H,22,25). The SMILES string of the molecule is CC(=O)Nc1cccc(C(=O)N2CCCN2C(=O)c2ccccc2S(C)(=O)=O)c1Cl. The first kappa shape index (κ1) is 21.8. The smallest absolute Gasteiger partial charge is 0.274 e. The number of sulfone groups is 1. The van der Waals surface area contributed by atoms with Crippen molar-refractivity contribution < 1.29 is 22.8 Å². The minimum Gasteiger partial charge on any atom is -0.325 e. The minimum atomic E-state index is -3.63. The Balaban J connectivity index is 1.95. The van der Waals surface area contributed by atoms with Crippen molar-refractivity contribution in [1.29, 1.82) is 0 Å². The summed E-state index contributed by atoms with van der Waals surface area (Å²) in [6, 6.07) is 10.5. The molecule has 1 aliphatic heterocycles. The Hall–Kier alpha value is -2.91. The largest absolute Gasteiger partial charge is 0.325 e.